The van der Waals surface area contributed by atoms with Gasteiger partial charge in [0, 0.05) is 20.1 Å². The molecule has 0 spiro atoms. The summed E-state index contributed by atoms with van der Waals surface area (Å²) < 4.78 is 5.23. The number of carboxylic acid groups (broad SMARTS) is 1. The fourth-order valence-corrected chi connectivity index (χ4v) is 3.01. The predicted molar refractivity (Wildman–Crippen MR) is 95.4 cm³/mol. The van der Waals surface area contributed by atoms with E-state index in [1.54, 1.807) is 4.90 Å². The first kappa shape index (κ1) is 19.8. The van der Waals surface area contributed by atoms with Gasteiger partial charge < -0.3 is 14.7 Å². The van der Waals surface area contributed by atoms with Crippen LogP contribution in [0.5, 0.6) is 0 Å². The zero-order chi connectivity index (χ0) is 19.3. The molecule has 1 saturated heterocycles. The molecule has 0 saturated carbocycles. The summed E-state index contributed by atoms with van der Waals surface area (Å²) >= 11 is 0. The van der Waals surface area contributed by atoms with Gasteiger partial charge in [-0.2, -0.15) is 0 Å². The summed E-state index contributed by atoms with van der Waals surface area (Å²) in [6.07, 6.45) is -0.320. The standard InChI is InChI=1S/C19H26N2O5/c1-19(2)9-10-21(13-19)17(24)15(11-16(22)23)20(3)18(25)26-12-14-7-5-4-6-8-14/h4-8,15H,9-13H2,1-3H3,(H,22,23). The summed E-state index contributed by atoms with van der Waals surface area (Å²) in [7, 11) is 1.40. The van der Waals surface area contributed by atoms with Crippen LogP contribution in [0.2, 0.25) is 0 Å². The van der Waals surface area contributed by atoms with E-state index < -0.39 is 24.5 Å². The maximum Gasteiger partial charge on any atom is 0.410 e. The Morgan fingerprint density at radius 3 is 2.46 bits per heavy atom. The Morgan fingerprint density at radius 1 is 1.27 bits per heavy atom. The van der Waals surface area contributed by atoms with E-state index >= 15 is 0 Å². The number of nitrogens with zero attached hydrogens (tertiary/aromatic N) is 2. The zero-order valence-electron chi connectivity index (χ0n) is 15.5. The van der Waals surface area contributed by atoms with Crippen molar-refractivity contribution in [2.24, 2.45) is 5.41 Å². The van der Waals surface area contributed by atoms with Crippen LogP contribution in [0.4, 0.5) is 4.79 Å². The lowest BCUT2D eigenvalue weighted by Crippen LogP contribution is -2.50. The van der Waals surface area contributed by atoms with Gasteiger partial charge in [0.1, 0.15) is 12.6 Å². The van der Waals surface area contributed by atoms with Crippen molar-refractivity contribution < 1.29 is 24.2 Å². The number of carbonyl (C=O) groups excluding carboxylic acids is 2. The van der Waals surface area contributed by atoms with Gasteiger partial charge in [0.25, 0.3) is 0 Å². The second kappa shape index (κ2) is 8.21. The van der Waals surface area contributed by atoms with Crippen LogP contribution in [-0.4, -0.2) is 59.1 Å². The molecule has 0 aromatic heterocycles. The van der Waals surface area contributed by atoms with Crippen LogP contribution in [0, 0.1) is 5.41 Å². The lowest BCUT2D eigenvalue weighted by Gasteiger charge is -2.30. The Morgan fingerprint density at radius 2 is 1.92 bits per heavy atom. The van der Waals surface area contributed by atoms with Crippen LogP contribution < -0.4 is 0 Å². The van der Waals surface area contributed by atoms with Crippen LogP contribution in [0.1, 0.15) is 32.3 Å². The van der Waals surface area contributed by atoms with Crippen molar-refractivity contribution in [3.8, 4) is 0 Å². The maximum absolute atomic E-state index is 12.8. The van der Waals surface area contributed by atoms with Gasteiger partial charge in [-0.1, -0.05) is 44.2 Å². The van der Waals surface area contributed by atoms with Gasteiger partial charge in [0.2, 0.25) is 5.91 Å². The minimum Gasteiger partial charge on any atom is -0.481 e. The lowest BCUT2D eigenvalue weighted by molar-refractivity contribution is -0.144. The number of carboxylic acids is 1. The van der Waals surface area contributed by atoms with E-state index in [-0.39, 0.29) is 17.9 Å². The van der Waals surface area contributed by atoms with Crippen LogP contribution in [-0.2, 0) is 20.9 Å². The lowest BCUT2D eigenvalue weighted by atomic mass is 9.93. The van der Waals surface area contributed by atoms with E-state index in [2.05, 4.69) is 13.8 Å². The van der Waals surface area contributed by atoms with E-state index in [0.717, 1.165) is 16.9 Å². The number of aliphatic carboxylic acids is 1. The molecule has 142 valence electrons. The topological polar surface area (TPSA) is 87.1 Å². The Hall–Kier alpha value is -2.57. The Kier molecular flexibility index (Phi) is 6.23. The number of hydrogen-bond donors (Lipinski definition) is 1. The average Bonchev–Trinajstić information content (AvgIpc) is 2.97. The number of rotatable bonds is 6. The summed E-state index contributed by atoms with van der Waals surface area (Å²) in [4.78, 5) is 39.1. The fraction of sp³-hybridized carbons (Fsp3) is 0.526. The molecule has 2 rings (SSSR count). The first-order chi connectivity index (χ1) is 12.2. The number of hydrogen-bond acceptors (Lipinski definition) is 4. The second-order valence-corrected chi connectivity index (χ2v) is 7.44. The zero-order valence-corrected chi connectivity index (χ0v) is 15.5. The van der Waals surface area contributed by atoms with E-state index in [9.17, 15) is 14.4 Å². The van der Waals surface area contributed by atoms with Gasteiger partial charge in [-0.15, -0.1) is 0 Å². The van der Waals surface area contributed by atoms with Gasteiger partial charge in [-0.05, 0) is 17.4 Å². The van der Waals surface area contributed by atoms with Crippen LogP contribution in [0.25, 0.3) is 0 Å². The first-order valence-electron chi connectivity index (χ1n) is 8.64. The summed E-state index contributed by atoms with van der Waals surface area (Å²) in [5.74, 6) is -1.48. The highest BCUT2D eigenvalue weighted by atomic mass is 16.6. The highest BCUT2D eigenvalue weighted by molar-refractivity contribution is 5.89. The molecule has 1 fully saturated rings. The Labute approximate surface area is 153 Å². The monoisotopic (exact) mass is 362 g/mol. The second-order valence-electron chi connectivity index (χ2n) is 7.44. The van der Waals surface area contributed by atoms with Crippen molar-refractivity contribution in [3.63, 3.8) is 0 Å². The quantitative estimate of drug-likeness (QED) is 0.839. The van der Waals surface area contributed by atoms with Gasteiger partial charge in [-0.25, -0.2) is 4.79 Å². The van der Waals surface area contributed by atoms with E-state index in [0.29, 0.717) is 13.1 Å². The van der Waals surface area contributed by atoms with Crippen molar-refractivity contribution in [1.82, 2.24) is 9.80 Å². The third-order valence-corrected chi connectivity index (χ3v) is 4.60. The third-order valence-electron chi connectivity index (χ3n) is 4.60. The highest BCUT2D eigenvalue weighted by Crippen LogP contribution is 2.29. The number of likely N-dealkylation sites (N-methyl/N-ethyl adjacent to an activating group) is 1. The predicted octanol–water partition coefficient (Wildman–Crippen LogP) is 2.36. The molecule has 1 atom stereocenters. The average molecular weight is 362 g/mol. The molecule has 1 aromatic carbocycles. The number of benzene rings is 1. The summed E-state index contributed by atoms with van der Waals surface area (Å²) in [6.45, 7) is 5.30. The van der Waals surface area contributed by atoms with Crippen molar-refractivity contribution in [1.29, 1.82) is 0 Å². The number of carbonyl (C=O) groups is 3. The SMILES string of the molecule is CN(C(=O)OCc1ccccc1)C(CC(=O)O)C(=O)N1CCC(C)(C)C1. The van der Waals surface area contributed by atoms with Crippen LogP contribution in [0.3, 0.4) is 0 Å². The molecule has 1 aromatic rings. The number of amides is 2. The molecule has 0 radical (unpaired) electrons. The van der Waals surface area contributed by atoms with Crippen molar-refractivity contribution in [2.45, 2.75) is 39.3 Å². The first-order valence-corrected chi connectivity index (χ1v) is 8.64. The molecule has 7 nitrogen and oxygen atoms in total. The molecule has 1 N–H and O–H groups in total. The van der Waals surface area contributed by atoms with E-state index in [4.69, 9.17) is 9.84 Å². The number of ether oxygens (including phenoxy) is 1. The summed E-state index contributed by atoms with van der Waals surface area (Å²) in [5.41, 5.74) is 0.812. The van der Waals surface area contributed by atoms with Crippen molar-refractivity contribution >= 4 is 18.0 Å². The summed E-state index contributed by atoms with van der Waals surface area (Å²) in [5, 5.41) is 9.17. The maximum atomic E-state index is 12.8. The van der Waals surface area contributed by atoms with Crippen molar-refractivity contribution in [2.75, 3.05) is 20.1 Å². The Bertz CT molecular complexity index is 659. The van der Waals surface area contributed by atoms with Gasteiger partial charge in [-0.3, -0.25) is 14.5 Å². The van der Waals surface area contributed by atoms with Gasteiger partial charge in [0.05, 0.1) is 6.42 Å². The molecule has 7 heteroatoms. The van der Waals surface area contributed by atoms with Crippen LogP contribution >= 0.6 is 0 Å². The summed E-state index contributed by atoms with van der Waals surface area (Å²) in [6, 6.07) is 8.08. The van der Waals surface area contributed by atoms with E-state index in [1.165, 1.54) is 7.05 Å². The minimum atomic E-state index is -1.13. The molecule has 1 heterocycles. The molecule has 0 bridgehead atoms. The van der Waals surface area contributed by atoms with Crippen LogP contribution in [0.15, 0.2) is 30.3 Å². The minimum absolute atomic E-state index is 0.00414. The Balaban J connectivity index is 2.03. The molecular formula is C19H26N2O5. The van der Waals surface area contributed by atoms with Gasteiger partial charge in [0.15, 0.2) is 0 Å². The molecule has 0 aliphatic carbocycles. The molecule has 2 amide bonds. The fourth-order valence-electron chi connectivity index (χ4n) is 3.01. The molecule has 1 aliphatic heterocycles. The molecular weight excluding hydrogens is 336 g/mol. The van der Waals surface area contributed by atoms with Crippen molar-refractivity contribution in [3.05, 3.63) is 35.9 Å². The third kappa shape index (κ3) is 5.21. The molecule has 1 aliphatic rings. The van der Waals surface area contributed by atoms with Gasteiger partial charge >= 0.3 is 12.1 Å². The molecule has 26 heavy (non-hydrogen) atoms. The van der Waals surface area contributed by atoms with E-state index in [1.807, 2.05) is 30.3 Å². The smallest absolute Gasteiger partial charge is 0.410 e. The molecule has 1 unspecified atom stereocenters. The number of likely N-dealkylation sites (tertiary alicyclic amines) is 1. The largest absolute Gasteiger partial charge is 0.481 e. The normalized spacial score (nSPS) is 16.8. The highest BCUT2D eigenvalue weighted by Gasteiger charge is 2.38.